The molecule has 94 valence electrons. The quantitative estimate of drug-likeness (QED) is 0.939. The number of rotatable bonds is 3. The van der Waals surface area contributed by atoms with E-state index in [1.54, 1.807) is 24.5 Å². The number of hydrogen-bond acceptors (Lipinski definition) is 3. The highest BCUT2D eigenvalue weighted by Gasteiger charge is 2.12. The summed E-state index contributed by atoms with van der Waals surface area (Å²) in [6.07, 6.45) is 3.02. The first-order chi connectivity index (χ1) is 8.56. The summed E-state index contributed by atoms with van der Waals surface area (Å²) >= 11 is 11.8. The smallest absolute Gasteiger partial charge is 0.157 e. The SMILES string of the molecule is Cc1cnc(C(O)Cc2ccc(Cl)c(Cl)c2)nc1. The van der Waals surface area contributed by atoms with Crippen LogP contribution in [0.5, 0.6) is 0 Å². The van der Waals surface area contributed by atoms with Crippen molar-refractivity contribution < 1.29 is 5.11 Å². The first-order valence-corrected chi connectivity index (χ1v) is 6.22. The van der Waals surface area contributed by atoms with Crippen molar-refractivity contribution in [3.05, 3.63) is 57.6 Å². The van der Waals surface area contributed by atoms with E-state index in [-0.39, 0.29) is 0 Å². The normalized spacial score (nSPS) is 12.4. The van der Waals surface area contributed by atoms with Gasteiger partial charge in [-0.25, -0.2) is 9.97 Å². The summed E-state index contributed by atoms with van der Waals surface area (Å²) in [5, 5.41) is 11.0. The van der Waals surface area contributed by atoms with Gasteiger partial charge < -0.3 is 5.11 Å². The van der Waals surface area contributed by atoms with Crippen molar-refractivity contribution in [2.45, 2.75) is 19.4 Å². The third-order valence-corrected chi connectivity index (χ3v) is 3.25. The van der Waals surface area contributed by atoms with Crippen LogP contribution in [0, 0.1) is 6.92 Å². The maximum Gasteiger partial charge on any atom is 0.157 e. The van der Waals surface area contributed by atoms with Crippen LogP contribution in [0.25, 0.3) is 0 Å². The van der Waals surface area contributed by atoms with Crippen LogP contribution in [0.1, 0.15) is 23.1 Å². The maximum absolute atomic E-state index is 10.0. The van der Waals surface area contributed by atoms with E-state index in [9.17, 15) is 5.11 Å². The summed E-state index contributed by atoms with van der Waals surface area (Å²) in [5.41, 5.74) is 1.85. The summed E-state index contributed by atoms with van der Waals surface area (Å²) in [7, 11) is 0. The minimum atomic E-state index is -0.747. The number of aryl methyl sites for hydroxylation is 1. The Morgan fingerprint density at radius 2 is 1.83 bits per heavy atom. The lowest BCUT2D eigenvalue weighted by Gasteiger charge is -2.10. The van der Waals surface area contributed by atoms with Gasteiger partial charge in [-0.05, 0) is 30.2 Å². The van der Waals surface area contributed by atoms with Crippen molar-refractivity contribution >= 4 is 23.2 Å². The molecule has 1 aromatic carbocycles. The van der Waals surface area contributed by atoms with Crippen LogP contribution in [0.2, 0.25) is 10.0 Å². The number of aliphatic hydroxyl groups excluding tert-OH is 1. The van der Waals surface area contributed by atoms with Gasteiger partial charge in [-0.2, -0.15) is 0 Å². The molecule has 0 amide bonds. The Balaban J connectivity index is 2.13. The van der Waals surface area contributed by atoms with Gasteiger partial charge >= 0.3 is 0 Å². The van der Waals surface area contributed by atoms with Crippen molar-refractivity contribution in [1.82, 2.24) is 9.97 Å². The van der Waals surface area contributed by atoms with E-state index >= 15 is 0 Å². The zero-order valence-corrected chi connectivity index (χ0v) is 11.3. The Labute approximate surface area is 115 Å². The minimum Gasteiger partial charge on any atom is -0.385 e. The molecule has 2 aromatic rings. The Hall–Kier alpha value is -1.16. The van der Waals surface area contributed by atoms with Gasteiger partial charge in [0.15, 0.2) is 5.82 Å². The first kappa shape index (κ1) is 13.3. The van der Waals surface area contributed by atoms with E-state index in [1.807, 2.05) is 13.0 Å². The van der Waals surface area contributed by atoms with Crippen LogP contribution in [-0.4, -0.2) is 15.1 Å². The van der Waals surface area contributed by atoms with Crippen LogP contribution in [0.15, 0.2) is 30.6 Å². The number of benzene rings is 1. The number of aromatic nitrogens is 2. The fourth-order valence-corrected chi connectivity index (χ4v) is 1.88. The van der Waals surface area contributed by atoms with E-state index in [1.165, 1.54) is 0 Å². The Morgan fingerprint density at radius 1 is 1.17 bits per heavy atom. The summed E-state index contributed by atoms with van der Waals surface area (Å²) in [5.74, 6) is 0.409. The monoisotopic (exact) mass is 282 g/mol. The van der Waals surface area contributed by atoms with Gasteiger partial charge in [0.25, 0.3) is 0 Å². The molecular formula is C13H12Cl2N2O. The summed E-state index contributed by atoms with van der Waals surface area (Å²) in [6.45, 7) is 1.90. The molecule has 5 heteroatoms. The number of hydrogen-bond donors (Lipinski definition) is 1. The highest BCUT2D eigenvalue weighted by molar-refractivity contribution is 6.42. The predicted octanol–water partition coefficient (Wildman–Crippen LogP) is 3.37. The van der Waals surface area contributed by atoms with E-state index in [4.69, 9.17) is 23.2 Å². The molecule has 0 radical (unpaired) electrons. The lowest BCUT2D eigenvalue weighted by molar-refractivity contribution is 0.168. The van der Waals surface area contributed by atoms with E-state index < -0.39 is 6.10 Å². The second-order valence-electron chi connectivity index (χ2n) is 4.09. The molecule has 3 nitrogen and oxygen atoms in total. The molecule has 1 heterocycles. The Kier molecular flexibility index (Phi) is 4.17. The van der Waals surface area contributed by atoms with Crippen molar-refractivity contribution in [2.24, 2.45) is 0 Å². The second-order valence-corrected chi connectivity index (χ2v) is 4.90. The first-order valence-electron chi connectivity index (χ1n) is 5.47. The van der Waals surface area contributed by atoms with Gasteiger partial charge in [0, 0.05) is 18.8 Å². The maximum atomic E-state index is 10.0. The molecule has 0 aliphatic heterocycles. The van der Waals surface area contributed by atoms with Gasteiger partial charge in [0.05, 0.1) is 10.0 Å². The molecule has 1 N–H and O–H groups in total. The Morgan fingerprint density at radius 3 is 2.44 bits per heavy atom. The largest absolute Gasteiger partial charge is 0.385 e. The number of aliphatic hydroxyl groups is 1. The average molecular weight is 283 g/mol. The molecule has 0 fully saturated rings. The number of nitrogens with zero attached hydrogens (tertiary/aromatic N) is 2. The molecule has 1 atom stereocenters. The second kappa shape index (κ2) is 5.65. The van der Waals surface area contributed by atoms with Gasteiger partial charge in [-0.1, -0.05) is 29.3 Å². The molecule has 1 aromatic heterocycles. The average Bonchev–Trinajstić information content (AvgIpc) is 2.34. The van der Waals surface area contributed by atoms with Gasteiger partial charge in [-0.3, -0.25) is 0 Å². The van der Waals surface area contributed by atoms with Gasteiger partial charge in [-0.15, -0.1) is 0 Å². The molecule has 2 rings (SSSR count). The highest BCUT2D eigenvalue weighted by atomic mass is 35.5. The topological polar surface area (TPSA) is 46.0 Å². The molecule has 1 unspecified atom stereocenters. The predicted molar refractivity (Wildman–Crippen MR) is 71.9 cm³/mol. The fraction of sp³-hybridized carbons (Fsp3) is 0.231. The van der Waals surface area contributed by atoms with Crippen molar-refractivity contribution in [1.29, 1.82) is 0 Å². The van der Waals surface area contributed by atoms with Gasteiger partial charge in [0.1, 0.15) is 6.10 Å². The van der Waals surface area contributed by atoms with Gasteiger partial charge in [0.2, 0.25) is 0 Å². The third kappa shape index (κ3) is 3.19. The molecule has 0 spiro atoms. The molecule has 18 heavy (non-hydrogen) atoms. The van der Waals surface area contributed by atoms with Crippen LogP contribution in [-0.2, 0) is 6.42 Å². The number of halogens is 2. The lowest BCUT2D eigenvalue weighted by atomic mass is 10.1. The van der Waals surface area contributed by atoms with Crippen LogP contribution < -0.4 is 0 Å². The summed E-state index contributed by atoms with van der Waals surface area (Å²) < 4.78 is 0. The summed E-state index contributed by atoms with van der Waals surface area (Å²) in [4.78, 5) is 8.19. The Bertz CT molecular complexity index is 543. The van der Waals surface area contributed by atoms with Crippen LogP contribution in [0.3, 0.4) is 0 Å². The molecule has 0 saturated heterocycles. The molecular weight excluding hydrogens is 271 g/mol. The molecule has 0 bridgehead atoms. The zero-order valence-electron chi connectivity index (χ0n) is 9.77. The fourth-order valence-electron chi connectivity index (χ4n) is 1.56. The zero-order chi connectivity index (χ0) is 13.1. The van der Waals surface area contributed by atoms with Crippen LogP contribution in [0.4, 0.5) is 0 Å². The van der Waals surface area contributed by atoms with E-state index in [0.717, 1.165) is 11.1 Å². The van der Waals surface area contributed by atoms with Crippen molar-refractivity contribution in [3.8, 4) is 0 Å². The van der Waals surface area contributed by atoms with Crippen LogP contribution >= 0.6 is 23.2 Å². The standard InChI is InChI=1S/C13H12Cl2N2O/c1-8-6-16-13(17-7-8)12(18)5-9-2-3-10(14)11(15)4-9/h2-4,6-7,12,18H,5H2,1H3. The molecule has 0 aliphatic rings. The minimum absolute atomic E-state index is 0.403. The highest BCUT2D eigenvalue weighted by Crippen LogP contribution is 2.24. The lowest BCUT2D eigenvalue weighted by Crippen LogP contribution is -2.06. The van der Waals surface area contributed by atoms with E-state index in [0.29, 0.717) is 22.3 Å². The van der Waals surface area contributed by atoms with E-state index in [2.05, 4.69) is 9.97 Å². The molecule has 0 saturated carbocycles. The van der Waals surface area contributed by atoms with Crippen molar-refractivity contribution in [3.63, 3.8) is 0 Å². The third-order valence-electron chi connectivity index (χ3n) is 2.51. The van der Waals surface area contributed by atoms with Crippen molar-refractivity contribution in [2.75, 3.05) is 0 Å². The molecule has 0 aliphatic carbocycles. The summed E-state index contributed by atoms with van der Waals surface area (Å²) in [6, 6.07) is 5.27.